The number of hydrogen-bond acceptors (Lipinski definition) is 3. The Bertz CT molecular complexity index is 397. The number of nitrogens with zero attached hydrogens (tertiary/aromatic N) is 1. The third kappa shape index (κ3) is 2.26. The Hall–Kier alpha value is -1.16. The molecule has 4 heteroatoms. The molecule has 3 nitrogen and oxygen atoms in total. The van der Waals surface area contributed by atoms with E-state index in [4.69, 9.17) is 0 Å². The number of rotatable bonds is 2. The molecule has 2 heterocycles. The van der Waals surface area contributed by atoms with Gasteiger partial charge in [-0.15, -0.1) is 0 Å². The van der Waals surface area contributed by atoms with Crippen molar-refractivity contribution in [2.75, 3.05) is 6.54 Å². The highest BCUT2D eigenvalue weighted by molar-refractivity contribution is 7.08. The summed E-state index contributed by atoms with van der Waals surface area (Å²) in [7, 11) is 0. The SMILES string of the molecule is Cc1cscc1CN1CCC(=O)CC1=O. The van der Waals surface area contributed by atoms with Gasteiger partial charge in [-0.2, -0.15) is 11.3 Å². The fraction of sp³-hybridized carbons (Fsp3) is 0.455. The second-order valence-electron chi connectivity index (χ2n) is 3.86. The standard InChI is InChI=1S/C11H13NO2S/c1-8-6-15-7-9(8)5-12-3-2-10(13)4-11(12)14/h6-7H,2-5H2,1H3. The molecule has 0 bridgehead atoms. The van der Waals surface area contributed by atoms with E-state index in [-0.39, 0.29) is 18.1 Å². The maximum absolute atomic E-state index is 11.6. The Labute approximate surface area is 92.7 Å². The quantitative estimate of drug-likeness (QED) is 0.716. The van der Waals surface area contributed by atoms with Gasteiger partial charge in [0.15, 0.2) is 0 Å². The van der Waals surface area contributed by atoms with Crippen molar-refractivity contribution in [3.8, 4) is 0 Å². The van der Waals surface area contributed by atoms with E-state index >= 15 is 0 Å². The minimum absolute atomic E-state index is 0.0307. The van der Waals surface area contributed by atoms with Gasteiger partial charge in [0.2, 0.25) is 5.91 Å². The van der Waals surface area contributed by atoms with Crippen LogP contribution in [-0.4, -0.2) is 23.1 Å². The molecule has 1 saturated heterocycles. The topological polar surface area (TPSA) is 37.4 Å². The van der Waals surface area contributed by atoms with Crippen LogP contribution in [-0.2, 0) is 16.1 Å². The predicted molar refractivity (Wildman–Crippen MR) is 58.7 cm³/mol. The zero-order chi connectivity index (χ0) is 10.8. The molecule has 0 aromatic carbocycles. The van der Waals surface area contributed by atoms with Crippen molar-refractivity contribution < 1.29 is 9.59 Å². The minimum Gasteiger partial charge on any atom is -0.338 e. The minimum atomic E-state index is -0.0307. The molecule has 0 spiro atoms. The lowest BCUT2D eigenvalue weighted by Gasteiger charge is -2.26. The average molecular weight is 223 g/mol. The molecule has 0 unspecified atom stereocenters. The molecule has 1 amide bonds. The van der Waals surface area contributed by atoms with Crippen LogP contribution in [0, 0.1) is 6.92 Å². The molecule has 0 saturated carbocycles. The number of likely N-dealkylation sites (tertiary alicyclic amines) is 1. The first-order chi connectivity index (χ1) is 7.16. The van der Waals surface area contributed by atoms with Crippen molar-refractivity contribution in [3.63, 3.8) is 0 Å². The van der Waals surface area contributed by atoms with E-state index in [1.165, 1.54) is 11.1 Å². The van der Waals surface area contributed by atoms with Crippen molar-refractivity contribution in [2.24, 2.45) is 0 Å². The number of carbonyl (C=O) groups excluding carboxylic acids is 2. The number of hydrogen-bond donors (Lipinski definition) is 0. The van der Waals surface area contributed by atoms with Crippen LogP contribution >= 0.6 is 11.3 Å². The summed E-state index contributed by atoms with van der Waals surface area (Å²) in [6, 6.07) is 0. The Kier molecular flexibility index (Phi) is 2.86. The monoisotopic (exact) mass is 223 g/mol. The van der Waals surface area contributed by atoms with Gasteiger partial charge >= 0.3 is 0 Å². The number of thiophene rings is 1. The van der Waals surface area contributed by atoms with E-state index in [0.717, 1.165) is 0 Å². The first-order valence-electron chi connectivity index (χ1n) is 4.98. The lowest BCUT2D eigenvalue weighted by atomic mass is 10.1. The fourth-order valence-corrected chi connectivity index (χ4v) is 2.52. The number of Topliss-reactive ketones (excluding diaryl/α,β-unsaturated/α-hetero) is 1. The van der Waals surface area contributed by atoms with Crippen molar-refractivity contribution in [1.29, 1.82) is 0 Å². The van der Waals surface area contributed by atoms with Gasteiger partial charge in [-0.05, 0) is 28.8 Å². The van der Waals surface area contributed by atoms with E-state index in [2.05, 4.69) is 10.8 Å². The molecular weight excluding hydrogens is 210 g/mol. The highest BCUT2D eigenvalue weighted by Crippen LogP contribution is 2.18. The summed E-state index contributed by atoms with van der Waals surface area (Å²) in [6.45, 7) is 3.28. The third-order valence-electron chi connectivity index (χ3n) is 2.68. The Balaban J connectivity index is 2.04. The van der Waals surface area contributed by atoms with Crippen molar-refractivity contribution in [1.82, 2.24) is 4.90 Å². The van der Waals surface area contributed by atoms with Gasteiger partial charge in [0, 0.05) is 19.5 Å². The number of piperidine rings is 1. The zero-order valence-electron chi connectivity index (χ0n) is 8.66. The lowest BCUT2D eigenvalue weighted by Crippen LogP contribution is -2.38. The van der Waals surface area contributed by atoms with Gasteiger partial charge in [-0.25, -0.2) is 0 Å². The fourth-order valence-electron chi connectivity index (χ4n) is 1.67. The molecule has 0 aliphatic carbocycles. The van der Waals surface area contributed by atoms with Gasteiger partial charge in [0.1, 0.15) is 5.78 Å². The summed E-state index contributed by atoms with van der Waals surface area (Å²) in [4.78, 5) is 24.4. The van der Waals surface area contributed by atoms with E-state index in [0.29, 0.717) is 19.5 Å². The molecule has 15 heavy (non-hydrogen) atoms. The van der Waals surface area contributed by atoms with Gasteiger partial charge in [0.25, 0.3) is 0 Å². The lowest BCUT2D eigenvalue weighted by molar-refractivity contribution is -0.139. The van der Waals surface area contributed by atoms with Crippen LogP contribution in [0.1, 0.15) is 24.0 Å². The highest BCUT2D eigenvalue weighted by atomic mass is 32.1. The summed E-state index contributed by atoms with van der Waals surface area (Å²) < 4.78 is 0. The number of aryl methyl sites for hydroxylation is 1. The van der Waals surface area contributed by atoms with Crippen LogP contribution in [0.4, 0.5) is 0 Å². The van der Waals surface area contributed by atoms with Crippen LogP contribution in [0.2, 0.25) is 0 Å². The number of amides is 1. The first kappa shape index (κ1) is 10.4. The van der Waals surface area contributed by atoms with Crippen LogP contribution in [0.25, 0.3) is 0 Å². The van der Waals surface area contributed by atoms with E-state index in [1.807, 2.05) is 6.92 Å². The van der Waals surface area contributed by atoms with Crippen molar-refractivity contribution in [3.05, 3.63) is 21.9 Å². The van der Waals surface area contributed by atoms with E-state index < -0.39 is 0 Å². The number of carbonyl (C=O) groups is 2. The molecule has 2 rings (SSSR count). The van der Waals surface area contributed by atoms with Crippen LogP contribution < -0.4 is 0 Å². The van der Waals surface area contributed by atoms with Crippen molar-refractivity contribution >= 4 is 23.0 Å². The highest BCUT2D eigenvalue weighted by Gasteiger charge is 2.23. The molecular formula is C11H13NO2S. The zero-order valence-corrected chi connectivity index (χ0v) is 9.47. The number of ketones is 1. The average Bonchev–Trinajstić information content (AvgIpc) is 2.57. The van der Waals surface area contributed by atoms with E-state index in [9.17, 15) is 9.59 Å². The molecule has 1 aliphatic heterocycles. The molecule has 0 N–H and O–H groups in total. The third-order valence-corrected chi connectivity index (χ3v) is 3.59. The largest absolute Gasteiger partial charge is 0.338 e. The summed E-state index contributed by atoms with van der Waals surface area (Å²) in [6.07, 6.45) is 0.595. The summed E-state index contributed by atoms with van der Waals surface area (Å²) in [5.74, 6) is 0.0372. The second-order valence-corrected chi connectivity index (χ2v) is 4.60. The van der Waals surface area contributed by atoms with Crippen LogP contribution in [0.5, 0.6) is 0 Å². The summed E-state index contributed by atoms with van der Waals surface area (Å²) in [5.41, 5.74) is 2.42. The Morgan fingerprint density at radius 3 is 2.80 bits per heavy atom. The van der Waals surface area contributed by atoms with Gasteiger partial charge in [-0.1, -0.05) is 0 Å². The smallest absolute Gasteiger partial charge is 0.230 e. The molecule has 80 valence electrons. The Morgan fingerprint density at radius 1 is 1.40 bits per heavy atom. The Morgan fingerprint density at radius 2 is 2.20 bits per heavy atom. The molecule has 1 aliphatic rings. The van der Waals surface area contributed by atoms with Crippen molar-refractivity contribution in [2.45, 2.75) is 26.3 Å². The molecule has 1 aromatic heterocycles. The first-order valence-corrected chi connectivity index (χ1v) is 5.92. The molecule has 1 aromatic rings. The second kappa shape index (κ2) is 4.14. The van der Waals surface area contributed by atoms with Gasteiger partial charge in [0.05, 0.1) is 6.42 Å². The molecule has 0 radical (unpaired) electrons. The van der Waals surface area contributed by atoms with Gasteiger partial charge < -0.3 is 4.90 Å². The summed E-state index contributed by atoms with van der Waals surface area (Å²) >= 11 is 1.65. The van der Waals surface area contributed by atoms with Crippen LogP contribution in [0.15, 0.2) is 10.8 Å². The maximum Gasteiger partial charge on any atom is 0.230 e. The predicted octanol–water partition coefficient (Wildman–Crippen LogP) is 1.75. The maximum atomic E-state index is 11.6. The normalized spacial score (nSPS) is 17.3. The van der Waals surface area contributed by atoms with Crippen LogP contribution in [0.3, 0.4) is 0 Å². The van der Waals surface area contributed by atoms with Gasteiger partial charge in [-0.3, -0.25) is 9.59 Å². The summed E-state index contributed by atoms with van der Waals surface area (Å²) in [5, 5.41) is 4.15. The molecule has 1 fully saturated rings. The van der Waals surface area contributed by atoms with E-state index in [1.54, 1.807) is 16.2 Å². The molecule has 0 atom stereocenters.